The van der Waals surface area contributed by atoms with Crippen LogP contribution in [0.3, 0.4) is 0 Å². The minimum absolute atomic E-state index is 0.529. The van der Waals surface area contributed by atoms with E-state index in [4.69, 9.17) is 0 Å². The van der Waals surface area contributed by atoms with Crippen molar-refractivity contribution in [3.05, 3.63) is 32.6 Å². The standard InChI is InChI=1S/C8H20N.C5H4N2O4/c1-5-7-8-9(3,4)6-2;8-3-1-2(4(9)10)6-5(11)7-3/h5-8H2,1-4H3;1H,(H,9,10)(H2,6,7,8,11)/q+1;/p-1. The number of rotatable bonds is 5. The number of nitrogens with one attached hydrogen (secondary N) is 2. The summed E-state index contributed by atoms with van der Waals surface area (Å²) in [4.78, 5) is 34.6. The number of aromatic nitrogens is 2. The van der Waals surface area contributed by atoms with E-state index in [1.807, 2.05) is 9.97 Å². The molecule has 0 aliphatic heterocycles. The molecule has 1 aromatic heterocycles. The number of carboxylic acids is 1. The molecule has 1 aromatic rings. The van der Waals surface area contributed by atoms with Gasteiger partial charge in [0.1, 0.15) is 0 Å². The predicted octanol–water partition coefficient (Wildman–Crippen LogP) is -0.690. The third kappa shape index (κ3) is 7.52. The second-order valence-corrected chi connectivity index (χ2v) is 5.12. The highest BCUT2D eigenvalue weighted by Crippen LogP contribution is 1.99. The van der Waals surface area contributed by atoms with Crippen molar-refractivity contribution >= 4 is 5.97 Å². The highest BCUT2D eigenvalue weighted by molar-refractivity contribution is 5.82. The van der Waals surface area contributed by atoms with Crippen LogP contribution in [0.5, 0.6) is 0 Å². The molecule has 1 heterocycles. The average Bonchev–Trinajstić information content (AvgIpc) is 2.36. The quantitative estimate of drug-likeness (QED) is 0.698. The Labute approximate surface area is 117 Å². The molecule has 0 spiro atoms. The second-order valence-electron chi connectivity index (χ2n) is 5.12. The lowest BCUT2D eigenvalue weighted by Crippen LogP contribution is -2.39. The Morgan fingerprint density at radius 1 is 1.25 bits per heavy atom. The van der Waals surface area contributed by atoms with Crippen LogP contribution in [0.4, 0.5) is 0 Å². The molecule has 0 atom stereocenters. The Morgan fingerprint density at radius 2 is 1.85 bits per heavy atom. The van der Waals surface area contributed by atoms with E-state index in [-0.39, 0.29) is 0 Å². The normalized spacial score (nSPS) is 10.6. The van der Waals surface area contributed by atoms with Crippen molar-refractivity contribution in [3.63, 3.8) is 0 Å². The van der Waals surface area contributed by atoms with Crippen molar-refractivity contribution in [2.75, 3.05) is 27.2 Å². The maximum Gasteiger partial charge on any atom is 0.326 e. The Balaban J connectivity index is 0.000000370. The zero-order valence-corrected chi connectivity index (χ0v) is 12.5. The SMILES string of the molecule is CCCC[N+](C)(C)CC.O=C([O-])c1cc(=O)[nH]c(=O)[nH]1. The van der Waals surface area contributed by atoms with Crippen LogP contribution in [0.15, 0.2) is 15.7 Å². The summed E-state index contributed by atoms with van der Waals surface area (Å²) in [5, 5.41) is 10.1. The number of unbranched alkanes of at least 4 members (excludes halogenated alkanes) is 1. The minimum atomic E-state index is -1.59. The maximum absolute atomic E-state index is 10.4. The number of quaternary nitrogens is 1. The number of hydrogen-bond acceptors (Lipinski definition) is 4. The largest absolute Gasteiger partial charge is 0.543 e. The lowest BCUT2D eigenvalue weighted by molar-refractivity contribution is -0.888. The molecule has 20 heavy (non-hydrogen) atoms. The first kappa shape index (κ1) is 18.1. The fourth-order valence-corrected chi connectivity index (χ4v) is 1.32. The third-order valence-electron chi connectivity index (χ3n) is 2.95. The van der Waals surface area contributed by atoms with E-state index in [1.54, 1.807) is 0 Å². The van der Waals surface area contributed by atoms with Crippen molar-refractivity contribution in [2.45, 2.75) is 26.7 Å². The predicted molar refractivity (Wildman–Crippen MR) is 74.4 cm³/mol. The molecular formula is C13H23N3O4. The van der Waals surface area contributed by atoms with Gasteiger partial charge in [0.15, 0.2) is 0 Å². The molecule has 2 N–H and O–H groups in total. The summed E-state index contributed by atoms with van der Waals surface area (Å²) >= 11 is 0. The van der Waals surface area contributed by atoms with Crippen LogP contribution < -0.4 is 16.4 Å². The number of carbonyl (C=O) groups excluding carboxylic acids is 1. The number of aromatic carboxylic acids is 1. The van der Waals surface area contributed by atoms with E-state index in [0.29, 0.717) is 0 Å². The van der Waals surface area contributed by atoms with E-state index in [0.717, 1.165) is 6.07 Å². The first-order chi connectivity index (χ1) is 9.21. The maximum atomic E-state index is 10.4. The molecule has 0 fully saturated rings. The van der Waals surface area contributed by atoms with Gasteiger partial charge in [0, 0.05) is 6.07 Å². The molecule has 0 bridgehead atoms. The lowest BCUT2D eigenvalue weighted by Gasteiger charge is -2.27. The molecule has 0 aliphatic carbocycles. The van der Waals surface area contributed by atoms with Gasteiger partial charge < -0.3 is 19.4 Å². The monoisotopic (exact) mass is 285 g/mol. The Bertz CT molecular complexity index is 503. The Morgan fingerprint density at radius 3 is 2.25 bits per heavy atom. The number of aromatic amines is 2. The zero-order valence-electron chi connectivity index (χ0n) is 12.5. The third-order valence-corrected chi connectivity index (χ3v) is 2.95. The average molecular weight is 285 g/mol. The van der Waals surface area contributed by atoms with Crippen LogP contribution in [0, 0.1) is 0 Å². The molecule has 114 valence electrons. The molecule has 0 unspecified atom stereocenters. The minimum Gasteiger partial charge on any atom is -0.543 e. The van der Waals surface area contributed by atoms with E-state index >= 15 is 0 Å². The zero-order chi connectivity index (χ0) is 15.8. The van der Waals surface area contributed by atoms with Crippen LogP contribution in [0.1, 0.15) is 37.2 Å². The summed E-state index contributed by atoms with van der Waals surface area (Å²) < 4.78 is 1.17. The molecule has 1 rings (SSSR count). The van der Waals surface area contributed by atoms with Crippen molar-refractivity contribution < 1.29 is 14.4 Å². The summed E-state index contributed by atoms with van der Waals surface area (Å²) in [6, 6.07) is 0.733. The van der Waals surface area contributed by atoms with Crippen LogP contribution in [0.25, 0.3) is 0 Å². The van der Waals surface area contributed by atoms with Gasteiger partial charge in [0.05, 0.1) is 38.8 Å². The number of hydrogen-bond donors (Lipinski definition) is 2. The number of H-pyrrole nitrogens is 2. The summed E-state index contributed by atoms with van der Waals surface area (Å²) in [5.74, 6) is -1.59. The number of carboxylic acid groups (broad SMARTS) is 1. The molecule has 0 amide bonds. The first-order valence-electron chi connectivity index (χ1n) is 6.58. The summed E-state index contributed by atoms with van der Waals surface area (Å²) in [6.07, 6.45) is 2.68. The fourth-order valence-electron chi connectivity index (χ4n) is 1.32. The van der Waals surface area contributed by atoms with Crippen LogP contribution >= 0.6 is 0 Å². The van der Waals surface area contributed by atoms with Gasteiger partial charge in [-0.1, -0.05) is 13.3 Å². The van der Waals surface area contributed by atoms with Crippen molar-refractivity contribution in [1.82, 2.24) is 9.97 Å². The lowest BCUT2D eigenvalue weighted by atomic mass is 10.3. The summed E-state index contributed by atoms with van der Waals surface area (Å²) in [6.45, 7) is 7.07. The highest BCUT2D eigenvalue weighted by atomic mass is 16.4. The van der Waals surface area contributed by atoms with E-state index in [2.05, 4.69) is 27.9 Å². The smallest absolute Gasteiger partial charge is 0.326 e. The van der Waals surface area contributed by atoms with Crippen LogP contribution in [0.2, 0.25) is 0 Å². The van der Waals surface area contributed by atoms with Crippen molar-refractivity contribution in [3.8, 4) is 0 Å². The Kier molecular flexibility index (Phi) is 7.53. The first-order valence-corrected chi connectivity index (χ1v) is 6.58. The van der Waals surface area contributed by atoms with Gasteiger partial charge in [-0.25, -0.2) is 4.79 Å². The molecule has 7 nitrogen and oxygen atoms in total. The molecule has 0 saturated heterocycles. The van der Waals surface area contributed by atoms with Crippen LogP contribution in [-0.4, -0.2) is 47.6 Å². The van der Waals surface area contributed by atoms with E-state index in [1.165, 1.54) is 30.4 Å². The molecular weight excluding hydrogens is 262 g/mol. The summed E-state index contributed by atoms with van der Waals surface area (Å²) in [5.41, 5.74) is -2.16. The van der Waals surface area contributed by atoms with Gasteiger partial charge in [-0.3, -0.25) is 9.78 Å². The van der Waals surface area contributed by atoms with Gasteiger partial charge in [0.2, 0.25) is 0 Å². The highest BCUT2D eigenvalue weighted by Gasteiger charge is 2.08. The van der Waals surface area contributed by atoms with E-state index < -0.39 is 22.9 Å². The van der Waals surface area contributed by atoms with Gasteiger partial charge in [0.25, 0.3) is 5.56 Å². The summed E-state index contributed by atoms with van der Waals surface area (Å²) in [7, 11) is 4.57. The van der Waals surface area contributed by atoms with Gasteiger partial charge >= 0.3 is 5.69 Å². The molecule has 0 aromatic carbocycles. The number of nitrogens with zero attached hydrogens (tertiary/aromatic N) is 1. The molecule has 0 radical (unpaired) electrons. The fraction of sp³-hybridized carbons (Fsp3) is 0.615. The van der Waals surface area contributed by atoms with Crippen molar-refractivity contribution in [1.29, 1.82) is 0 Å². The Hall–Kier alpha value is -1.89. The van der Waals surface area contributed by atoms with Crippen molar-refractivity contribution in [2.24, 2.45) is 0 Å². The van der Waals surface area contributed by atoms with Gasteiger partial charge in [-0.2, -0.15) is 0 Å². The van der Waals surface area contributed by atoms with Gasteiger partial charge in [-0.05, 0) is 13.3 Å². The molecule has 0 saturated carbocycles. The number of carbonyl (C=O) groups is 1. The van der Waals surface area contributed by atoms with Gasteiger partial charge in [-0.15, -0.1) is 0 Å². The topological polar surface area (TPSA) is 106 Å². The second kappa shape index (κ2) is 8.31. The molecule has 0 aliphatic rings. The van der Waals surface area contributed by atoms with Crippen LogP contribution in [-0.2, 0) is 0 Å². The molecule has 7 heteroatoms. The van der Waals surface area contributed by atoms with E-state index in [9.17, 15) is 19.5 Å².